The topological polar surface area (TPSA) is 55.6 Å². The number of fused-ring (bicyclic) bond motifs is 1. The Kier molecular flexibility index (Phi) is 4.63. The highest BCUT2D eigenvalue weighted by Crippen LogP contribution is 2.33. The number of nitrogens with two attached hydrogens (primary N) is 1. The standard InChI is InChI=1S/C19H22N2O2/c1-2-23-19(22)18-11-16-8-3-4-9-17(16)21(18)13-15-7-5-6-14(10-15)12-20/h3-10,18H,2,11-13,20H2,1H3. The zero-order chi connectivity index (χ0) is 16.2. The molecule has 3 rings (SSSR count). The van der Waals surface area contributed by atoms with Gasteiger partial charge in [0.15, 0.2) is 0 Å². The molecule has 120 valence electrons. The molecule has 2 N–H and O–H groups in total. The van der Waals surface area contributed by atoms with E-state index in [9.17, 15) is 4.79 Å². The Balaban J connectivity index is 1.90. The molecule has 0 saturated heterocycles. The van der Waals surface area contributed by atoms with E-state index in [1.807, 2.05) is 31.2 Å². The summed E-state index contributed by atoms with van der Waals surface area (Å²) in [5.41, 5.74) is 10.3. The van der Waals surface area contributed by atoms with E-state index in [0.717, 1.165) is 16.8 Å². The van der Waals surface area contributed by atoms with Crippen LogP contribution in [0.4, 0.5) is 5.69 Å². The molecule has 0 radical (unpaired) electrons. The maximum atomic E-state index is 12.4. The first-order valence-corrected chi connectivity index (χ1v) is 8.02. The first kappa shape index (κ1) is 15.6. The van der Waals surface area contributed by atoms with Crippen molar-refractivity contribution in [2.24, 2.45) is 5.73 Å². The van der Waals surface area contributed by atoms with E-state index in [0.29, 0.717) is 26.1 Å². The predicted octanol–water partition coefficient (Wildman–Crippen LogP) is 2.64. The number of benzene rings is 2. The summed E-state index contributed by atoms with van der Waals surface area (Å²) in [5, 5.41) is 0. The first-order valence-electron chi connectivity index (χ1n) is 8.02. The number of anilines is 1. The minimum Gasteiger partial charge on any atom is -0.464 e. The average Bonchev–Trinajstić information content (AvgIpc) is 2.94. The molecule has 23 heavy (non-hydrogen) atoms. The van der Waals surface area contributed by atoms with Crippen LogP contribution in [-0.2, 0) is 29.0 Å². The second-order valence-corrected chi connectivity index (χ2v) is 5.75. The molecule has 0 fully saturated rings. The summed E-state index contributed by atoms with van der Waals surface area (Å²) in [5.74, 6) is -0.154. The van der Waals surface area contributed by atoms with Gasteiger partial charge >= 0.3 is 5.97 Å². The molecule has 0 spiro atoms. The van der Waals surface area contributed by atoms with Gasteiger partial charge in [0.05, 0.1) is 6.61 Å². The Morgan fingerprint density at radius 1 is 1.22 bits per heavy atom. The van der Waals surface area contributed by atoms with Crippen molar-refractivity contribution in [1.29, 1.82) is 0 Å². The maximum absolute atomic E-state index is 12.4. The van der Waals surface area contributed by atoms with Crippen LogP contribution < -0.4 is 10.6 Å². The number of nitrogens with zero attached hydrogens (tertiary/aromatic N) is 1. The first-order chi connectivity index (χ1) is 11.2. The highest BCUT2D eigenvalue weighted by Gasteiger charge is 2.35. The number of rotatable bonds is 5. The lowest BCUT2D eigenvalue weighted by Crippen LogP contribution is -2.39. The van der Waals surface area contributed by atoms with E-state index in [2.05, 4.69) is 29.2 Å². The number of ether oxygens (including phenoxy) is 1. The smallest absolute Gasteiger partial charge is 0.329 e. The summed E-state index contributed by atoms with van der Waals surface area (Å²) in [6.45, 7) is 3.44. The summed E-state index contributed by atoms with van der Waals surface area (Å²) < 4.78 is 5.27. The molecular formula is C19H22N2O2. The molecular weight excluding hydrogens is 288 g/mol. The SMILES string of the molecule is CCOC(=O)C1Cc2ccccc2N1Cc1cccc(CN)c1. The molecule has 0 aromatic heterocycles. The molecule has 2 aromatic carbocycles. The monoisotopic (exact) mass is 310 g/mol. The fourth-order valence-electron chi connectivity index (χ4n) is 3.15. The lowest BCUT2D eigenvalue weighted by Gasteiger charge is -2.26. The van der Waals surface area contributed by atoms with E-state index in [1.165, 1.54) is 5.56 Å². The van der Waals surface area contributed by atoms with Gasteiger partial charge in [-0.05, 0) is 29.7 Å². The largest absolute Gasteiger partial charge is 0.464 e. The minimum absolute atomic E-state index is 0.154. The Bertz CT molecular complexity index is 699. The van der Waals surface area contributed by atoms with Gasteiger partial charge in [-0.3, -0.25) is 0 Å². The van der Waals surface area contributed by atoms with Gasteiger partial charge < -0.3 is 15.4 Å². The Hall–Kier alpha value is -2.33. The third kappa shape index (κ3) is 3.22. The van der Waals surface area contributed by atoms with E-state index >= 15 is 0 Å². The zero-order valence-electron chi connectivity index (χ0n) is 13.4. The molecule has 1 aliphatic rings. The molecule has 1 heterocycles. The second kappa shape index (κ2) is 6.84. The van der Waals surface area contributed by atoms with Crippen LogP contribution >= 0.6 is 0 Å². The minimum atomic E-state index is -0.256. The van der Waals surface area contributed by atoms with Gasteiger partial charge in [-0.25, -0.2) is 4.79 Å². The lowest BCUT2D eigenvalue weighted by atomic mass is 10.1. The third-order valence-electron chi connectivity index (χ3n) is 4.23. The molecule has 0 aliphatic carbocycles. The number of hydrogen-bond acceptors (Lipinski definition) is 4. The van der Waals surface area contributed by atoms with E-state index in [-0.39, 0.29) is 12.0 Å². The van der Waals surface area contributed by atoms with E-state index in [4.69, 9.17) is 10.5 Å². The fraction of sp³-hybridized carbons (Fsp3) is 0.316. The number of carbonyl (C=O) groups is 1. The van der Waals surface area contributed by atoms with Crippen molar-refractivity contribution in [3.05, 3.63) is 65.2 Å². The highest BCUT2D eigenvalue weighted by atomic mass is 16.5. The Morgan fingerprint density at radius 2 is 2.00 bits per heavy atom. The van der Waals surface area contributed by atoms with Gasteiger partial charge in [0.2, 0.25) is 0 Å². The summed E-state index contributed by atoms with van der Waals surface area (Å²) in [6.07, 6.45) is 0.700. The third-order valence-corrected chi connectivity index (χ3v) is 4.23. The van der Waals surface area contributed by atoms with Crippen molar-refractivity contribution in [2.45, 2.75) is 32.5 Å². The Labute approximate surface area is 136 Å². The van der Waals surface area contributed by atoms with Crippen molar-refractivity contribution >= 4 is 11.7 Å². The number of hydrogen-bond donors (Lipinski definition) is 1. The second-order valence-electron chi connectivity index (χ2n) is 5.75. The van der Waals surface area contributed by atoms with Gasteiger partial charge in [0.25, 0.3) is 0 Å². The summed E-state index contributed by atoms with van der Waals surface area (Å²) in [7, 11) is 0. The van der Waals surface area contributed by atoms with Crippen LogP contribution in [0.15, 0.2) is 48.5 Å². The van der Waals surface area contributed by atoms with Crippen LogP contribution in [-0.4, -0.2) is 18.6 Å². The summed E-state index contributed by atoms with van der Waals surface area (Å²) >= 11 is 0. The molecule has 4 heteroatoms. The van der Waals surface area contributed by atoms with E-state index < -0.39 is 0 Å². The molecule has 1 aliphatic heterocycles. The van der Waals surface area contributed by atoms with Gasteiger partial charge in [0.1, 0.15) is 6.04 Å². The zero-order valence-corrected chi connectivity index (χ0v) is 13.4. The van der Waals surface area contributed by atoms with Crippen LogP contribution in [0.3, 0.4) is 0 Å². The van der Waals surface area contributed by atoms with Crippen molar-refractivity contribution in [3.63, 3.8) is 0 Å². The lowest BCUT2D eigenvalue weighted by molar-refractivity contribution is -0.144. The summed E-state index contributed by atoms with van der Waals surface area (Å²) in [4.78, 5) is 14.5. The van der Waals surface area contributed by atoms with Gasteiger partial charge in [-0.1, -0.05) is 42.5 Å². The summed E-state index contributed by atoms with van der Waals surface area (Å²) in [6, 6.07) is 16.1. The van der Waals surface area contributed by atoms with Crippen molar-refractivity contribution < 1.29 is 9.53 Å². The van der Waals surface area contributed by atoms with Gasteiger partial charge in [-0.2, -0.15) is 0 Å². The highest BCUT2D eigenvalue weighted by molar-refractivity contribution is 5.84. The molecule has 1 atom stereocenters. The quantitative estimate of drug-likeness (QED) is 0.863. The van der Waals surface area contributed by atoms with Crippen LogP contribution in [0.2, 0.25) is 0 Å². The molecule has 0 bridgehead atoms. The van der Waals surface area contributed by atoms with E-state index in [1.54, 1.807) is 0 Å². The van der Waals surface area contributed by atoms with Crippen molar-refractivity contribution in [3.8, 4) is 0 Å². The van der Waals surface area contributed by atoms with Gasteiger partial charge in [-0.15, -0.1) is 0 Å². The van der Waals surface area contributed by atoms with Crippen LogP contribution in [0.5, 0.6) is 0 Å². The molecule has 2 aromatic rings. The normalized spacial score (nSPS) is 16.3. The predicted molar refractivity (Wildman–Crippen MR) is 91.1 cm³/mol. The number of esters is 1. The van der Waals surface area contributed by atoms with Crippen LogP contribution in [0, 0.1) is 0 Å². The average molecular weight is 310 g/mol. The number of carbonyl (C=O) groups excluding carboxylic acids is 1. The Morgan fingerprint density at radius 3 is 2.78 bits per heavy atom. The molecule has 0 amide bonds. The maximum Gasteiger partial charge on any atom is 0.329 e. The van der Waals surface area contributed by atoms with Gasteiger partial charge in [0, 0.05) is 25.2 Å². The van der Waals surface area contributed by atoms with Crippen molar-refractivity contribution in [2.75, 3.05) is 11.5 Å². The number of para-hydroxylation sites is 1. The molecule has 4 nitrogen and oxygen atoms in total. The fourth-order valence-corrected chi connectivity index (χ4v) is 3.15. The van der Waals surface area contributed by atoms with Crippen LogP contribution in [0.1, 0.15) is 23.6 Å². The molecule has 1 unspecified atom stereocenters. The van der Waals surface area contributed by atoms with Crippen LogP contribution in [0.25, 0.3) is 0 Å². The molecule has 0 saturated carbocycles. The van der Waals surface area contributed by atoms with Crippen molar-refractivity contribution in [1.82, 2.24) is 0 Å².